The van der Waals surface area contributed by atoms with Crippen LogP contribution in [0.15, 0.2) is 103 Å². The average molecular weight is 351 g/mol. The van der Waals surface area contributed by atoms with E-state index >= 15 is 0 Å². The van der Waals surface area contributed by atoms with Crippen LogP contribution in [0.4, 0.5) is 5.69 Å². The monoisotopic (exact) mass is 351 g/mol. The van der Waals surface area contributed by atoms with Crippen LogP contribution in [-0.2, 0) is 0 Å². The maximum absolute atomic E-state index is 2.55. The first kappa shape index (κ1) is 17.4. The van der Waals surface area contributed by atoms with Crippen LogP contribution in [0.1, 0.15) is 37.1 Å². The molecule has 0 bridgehead atoms. The van der Waals surface area contributed by atoms with Crippen molar-refractivity contribution in [3.63, 3.8) is 0 Å². The summed E-state index contributed by atoms with van der Waals surface area (Å²) in [5, 5.41) is 2.58. The lowest BCUT2D eigenvalue weighted by Gasteiger charge is -2.38. The summed E-state index contributed by atoms with van der Waals surface area (Å²) >= 11 is 0. The standard InChI is InChI=1S/C26H25N/c1-20(22-12-5-3-6-13-22)27(21(2)23-14-7-4-8-15-23)26-19-11-17-24-16-9-10-18-25(24)26/h3-21H,1-2H3/t20-,21-/m0/s1. The number of hydrogen-bond acceptors (Lipinski definition) is 1. The van der Waals surface area contributed by atoms with Gasteiger partial charge in [0.05, 0.1) is 12.1 Å². The van der Waals surface area contributed by atoms with Crippen molar-refractivity contribution in [1.82, 2.24) is 0 Å². The molecule has 0 aliphatic rings. The molecule has 0 radical (unpaired) electrons. The Morgan fingerprint density at radius 2 is 1.00 bits per heavy atom. The van der Waals surface area contributed by atoms with Gasteiger partial charge in [0, 0.05) is 11.1 Å². The highest BCUT2D eigenvalue weighted by Gasteiger charge is 2.24. The number of benzene rings is 4. The molecule has 0 N–H and O–H groups in total. The fraction of sp³-hybridized carbons (Fsp3) is 0.154. The van der Waals surface area contributed by atoms with Gasteiger partial charge in [-0.2, -0.15) is 0 Å². The van der Waals surface area contributed by atoms with Crippen LogP contribution in [0.25, 0.3) is 10.8 Å². The van der Waals surface area contributed by atoms with Crippen molar-refractivity contribution in [2.45, 2.75) is 25.9 Å². The maximum Gasteiger partial charge on any atom is 0.0520 e. The first-order valence-corrected chi connectivity index (χ1v) is 9.61. The molecule has 134 valence electrons. The summed E-state index contributed by atoms with van der Waals surface area (Å²) < 4.78 is 0. The van der Waals surface area contributed by atoms with Crippen molar-refractivity contribution in [2.75, 3.05) is 4.90 Å². The Kier molecular flexibility index (Phi) is 4.93. The quantitative estimate of drug-likeness (QED) is 0.368. The molecule has 4 aromatic carbocycles. The Morgan fingerprint density at radius 1 is 0.519 bits per heavy atom. The van der Waals surface area contributed by atoms with Crippen LogP contribution in [0.2, 0.25) is 0 Å². The number of rotatable bonds is 5. The summed E-state index contributed by atoms with van der Waals surface area (Å²) in [6.07, 6.45) is 0. The largest absolute Gasteiger partial charge is 0.358 e. The number of fused-ring (bicyclic) bond motifs is 1. The summed E-state index contributed by atoms with van der Waals surface area (Å²) in [5.41, 5.74) is 3.93. The first-order valence-electron chi connectivity index (χ1n) is 9.61. The van der Waals surface area contributed by atoms with Crippen molar-refractivity contribution < 1.29 is 0 Å². The molecule has 0 aliphatic heterocycles. The van der Waals surface area contributed by atoms with Gasteiger partial charge in [-0.15, -0.1) is 0 Å². The highest BCUT2D eigenvalue weighted by atomic mass is 15.2. The SMILES string of the molecule is C[C@@H](c1ccccc1)N(c1cccc2ccccc12)[C@@H](C)c1ccccc1. The van der Waals surface area contributed by atoms with Crippen LogP contribution in [0.5, 0.6) is 0 Å². The van der Waals surface area contributed by atoms with E-state index in [9.17, 15) is 0 Å². The molecule has 0 aliphatic carbocycles. The van der Waals surface area contributed by atoms with E-state index in [2.05, 4.69) is 122 Å². The molecule has 27 heavy (non-hydrogen) atoms. The minimum absolute atomic E-state index is 0.257. The van der Waals surface area contributed by atoms with Gasteiger partial charge in [-0.05, 0) is 36.4 Å². The third-order valence-corrected chi connectivity index (χ3v) is 5.44. The van der Waals surface area contributed by atoms with Gasteiger partial charge in [0.1, 0.15) is 0 Å². The number of hydrogen-bond donors (Lipinski definition) is 0. The molecule has 4 rings (SSSR count). The third kappa shape index (κ3) is 3.46. The number of anilines is 1. The van der Waals surface area contributed by atoms with Gasteiger partial charge in [-0.3, -0.25) is 0 Å². The second kappa shape index (κ2) is 7.67. The number of nitrogens with zero attached hydrogens (tertiary/aromatic N) is 1. The zero-order valence-corrected chi connectivity index (χ0v) is 15.9. The molecule has 4 aromatic rings. The molecule has 2 atom stereocenters. The Bertz CT molecular complexity index is 957. The molecule has 1 heteroatoms. The van der Waals surface area contributed by atoms with Crippen LogP contribution >= 0.6 is 0 Å². The lowest BCUT2D eigenvalue weighted by molar-refractivity contribution is 0.588. The highest BCUT2D eigenvalue weighted by molar-refractivity contribution is 5.94. The van der Waals surface area contributed by atoms with Gasteiger partial charge in [0.15, 0.2) is 0 Å². The molecule has 0 fully saturated rings. The lowest BCUT2D eigenvalue weighted by atomic mass is 9.98. The van der Waals surface area contributed by atoms with E-state index in [1.54, 1.807) is 0 Å². The molecule has 0 amide bonds. The molecule has 0 heterocycles. The van der Waals surface area contributed by atoms with Crippen molar-refractivity contribution >= 4 is 16.5 Å². The lowest BCUT2D eigenvalue weighted by Crippen LogP contribution is -2.30. The zero-order chi connectivity index (χ0) is 18.6. The highest BCUT2D eigenvalue weighted by Crippen LogP contribution is 2.39. The molecule has 0 unspecified atom stereocenters. The van der Waals surface area contributed by atoms with Crippen molar-refractivity contribution in [3.8, 4) is 0 Å². The summed E-state index contributed by atoms with van der Waals surface area (Å²) in [7, 11) is 0. The topological polar surface area (TPSA) is 3.24 Å². The second-order valence-electron chi connectivity index (χ2n) is 7.08. The van der Waals surface area contributed by atoms with E-state index in [-0.39, 0.29) is 12.1 Å². The van der Waals surface area contributed by atoms with Gasteiger partial charge >= 0.3 is 0 Å². The van der Waals surface area contributed by atoms with Gasteiger partial charge in [0.2, 0.25) is 0 Å². The van der Waals surface area contributed by atoms with Crippen LogP contribution < -0.4 is 4.90 Å². The van der Waals surface area contributed by atoms with E-state index in [0.717, 1.165) is 0 Å². The Morgan fingerprint density at radius 3 is 1.59 bits per heavy atom. The molecule has 0 saturated heterocycles. The Labute approximate surface area is 161 Å². The van der Waals surface area contributed by atoms with Gasteiger partial charge in [-0.1, -0.05) is 97.1 Å². The van der Waals surface area contributed by atoms with Gasteiger partial charge < -0.3 is 4.90 Å². The van der Waals surface area contributed by atoms with Crippen LogP contribution in [0, 0.1) is 0 Å². The summed E-state index contributed by atoms with van der Waals surface area (Å²) in [4.78, 5) is 2.55. The molecule has 0 aromatic heterocycles. The van der Waals surface area contributed by atoms with E-state index < -0.39 is 0 Å². The van der Waals surface area contributed by atoms with E-state index in [4.69, 9.17) is 0 Å². The predicted molar refractivity (Wildman–Crippen MR) is 116 cm³/mol. The van der Waals surface area contributed by atoms with Crippen molar-refractivity contribution in [3.05, 3.63) is 114 Å². The van der Waals surface area contributed by atoms with Crippen LogP contribution in [0.3, 0.4) is 0 Å². The normalized spacial score (nSPS) is 13.3. The Hall–Kier alpha value is -3.06. The van der Waals surface area contributed by atoms with E-state index in [1.165, 1.54) is 27.6 Å². The van der Waals surface area contributed by atoms with E-state index in [1.807, 2.05) is 0 Å². The molecule has 1 nitrogen and oxygen atoms in total. The molecular weight excluding hydrogens is 326 g/mol. The summed E-state index contributed by atoms with van der Waals surface area (Å²) in [5.74, 6) is 0. The summed E-state index contributed by atoms with van der Waals surface area (Å²) in [6, 6.07) is 37.3. The zero-order valence-electron chi connectivity index (χ0n) is 15.9. The smallest absolute Gasteiger partial charge is 0.0520 e. The fourth-order valence-electron chi connectivity index (χ4n) is 3.97. The summed E-state index contributed by atoms with van der Waals surface area (Å²) in [6.45, 7) is 4.60. The first-order chi connectivity index (χ1) is 13.3. The molecule has 0 saturated carbocycles. The minimum atomic E-state index is 0.257. The second-order valence-corrected chi connectivity index (χ2v) is 7.08. The molecular formula is C26H25N. The van der Waals surface area contributed by atoms with Gasteiger partial charge in [0.25, 0.3) is 0 Å². The van der Waals surface area contributed by atoms with Crippen molar-refractivity contribution in [1.29, 1.82) is 0 Å². The third-order valence-electron chi connectivity index (χ3n) is 5.44. The fourth-order valence-corrected chi connectivity index (χ4v) is 3.97. The van der Waals surface area contributed by atoms with Crippen LogP contribution in [-0.4, -0.2) is 0 Å². The Balaban J connectivity index is 1.87. The van der Waals surface area contributed by atoms with Gasteiger partial charge in [-0.25, -0.2) is 0 Å². The van der Waals surface area contributed by atoms with E-state index in [0.29, 0.717) is 0 Å². The molecule has 0 spiro atoms. The average Bonchev–Trinajstić information content (AvgIpc) is 2.75. The maximum atomic E-state index is 2.55. The predicted octanol–water partition coefficient (Wildman–Crippen LogP) is 7.17. The minimum Gasteiger partial charge on any atom is -0.358 e. The van der Waals surface area contributed by atoms with Crippen molar-refractivity contribution in [2.24, 2.45) is 0 Å².